The Labute approximate surface area is 294 Å². The number of amides is 3. The molecule has 0 aliphatic carbocycles. The average molecular weight is 665 g/mol. The molecule has 3 N–H and O–H groups in total. The number of hydrogen-bond donors (Lipinski definition) is 2. The molecule has 1 aliphatic heterocycles. The van der Waals surface area contributed by atoms with Crippen molar-refractivity contribution in [3.05, 3.63) is 140 Å². The smallest absolute Gasteiger partial charge is 0.251 e. The first-order valence-electron chi connectivity index (χ1n) is 17.2. The SMILES string of the molecule is C=CC[C@H](C(N)=O)[C@@H](CC(C)C)C(=O)NC1CN(c2ccccc2)c2ccccc2N(Cc2cccc(-c3ccc4ccccc4c3)c2)C1=O. The second kappa shape index (κ2) is 15.2. The second-order valence-corrected chi connectivity index (χ2v) is 13.5. The molecule has 50 heavy (non-hydrogen) atoms. The lowest BCUT2D eigenvalue weighted by Gasteiger charge is -2.30. The first-order chi connectivity index (χ1) is 24.2. The lowest BCUT2D eigenvalue weighted by atomic mass is 9.82. The lowest BCUT2D eigenvalue weighted by Crippen LogP contribution is -2.54. The van der Waals surface area contributed by atoms with Crippen molar-refractivity contribution in [2.75, 3.05) is 16.3 Å². The largest absolute Gasteiger partial charge is 0.369 e. The Morgan fingerprint density at radius 2 is 1.50 bits per heavy atom. The van der Waals surface area contributed by atoms with E-state index in [9.17, 15) is 14.4 Å². The maximum Gasteiger partial charge on any atom is 0.251 e. The van der Waals surface area contributed by atoms with Gasteiger partial charge in [-0.25, -0.2) is 0 Å². The van der Waals surface area contributed by atoms with Crippen LogP contribution in [0.1, 0.15) is 32.3 Å². The van der Waals surface area contributed by atoms with E-state index in [1.807, 2.05) is 92.7 Å². The van der Waals surface area contributed by atoms with Gasteiger partial charge in [-0.3, -0.25) is 14.4 Å². The van der Waals surface area contributed by atoms with Crippen LogP contribution in [0, 0.1) is 17.8 Å². The second-order valence-electron chi connectivity index (χ2n) is 13.5. The third-order valence-electron chi connectivity index (χ3n) is 9.46. The number of fused-ring (bicyclic) bond motifs is 2. The van der Waals surface area contributed by atoms with Gasteiger partial charge in [-0.15, -0.1) is 6.58 Å². The molecule has 0 saturated heterocycles. The van der Waals surface area contributed by atoms with Gasteiger partial charge in [0.2, 0.25) is 11.8 Å². The van der Waals surface area contributed by atoms with E-state index in [4.69, 9.17) is 5.73 Å². The number of nitrogens with zero attached hydrogens (tertiary/aromatic N) is 2. The highest BCUT2D eigenvalue weighted by Gasteiger charge is 2.39. The number of para-hydroxylation sites is 3. The first kappa shape index (κ1) is 34.2. The highest BCUT2D eigenvalue weighted by atomic mass is 16.2. The molecule has 0 radical (unpaired) electrons. The predicted octanol–water partition coefficient (Wildman–Crippen LogP) is 8.02. The van der Waals surface area contributed by atoms with Crippen LogP contribution in [0.4, 0.5) is 17.1 Å². The van der Waals surface area contributed by atoms with Crippen molar-refractivity contribution < 1.29 is 14.4 Å². The summed E-state index contributed by atoms with van der Waals surface area (Å²) in [5, 5.41) is 5.44. The van der Waals surface area contributed by atoms with Crippen LogP contribution in [0.2, 0.25) is 0 Å². The number of rotatable bonds is 12. The molecule has 5 aromatic carbocycles. The van der Waals surface area contributed by atoms with E-state index in [0.717, 1.165) is 39.1 Å². The van der Waals surface area contributed by atoms with E-state index < -0.39 is 23.8 Å². The molecule has 1 aliphatic rings. The molecule has 7 nitrogen and oxygen atoms in total. The molecular formula is C43H44N4O3. The van der Waals surface area contributed by atoms with Gasteiger partial charge in [0.15, 0.2) is 0 Å². The fraction of sp³-hybridized carbons (Fsp3) is 0.233. The highest BCUT2D eigenvalue weighted by Crippen LogP contribution is 2.38. The summed E-state index contributed by atoms with van der Waals surface area (Å²) in [6, 6.07) is 39.8. The maximum absolute atomic E-state index is 14.8. The average Bonchev–Trinajstić information content (AvgIpc) is 3.24. The Kier molecular flexibility index (Phi) is 10.4. The lowest BCUT2D eigenvalue weighted by molar-refractivity contribution is -0.135. The number of nitrogens with two attached hydrogens (primary N) is 1. The number of allylic oxidation sites excluding steroid dienone is 1. The minimum atomic E-state index is -0.911. The standard InChI is InChI=1S/C43H44N4O3/c1-4-13-36(41(44)48)37(24-29(2)3)42(49)45-38-28-46(35-18-6-5-7-19-35)39-20-10-11-21-40(39)47(43(38)50)27-30-14-12-17-32(25-30)34-23-22-31-15-8-9-16-33(31)26-34/h4-12,14-23,25-26,29,36-38H,1,13,24,27-28H2,2-3H3,(H2,44,48)(H,45,49)/t36-,37+,38?/m0/s1. The molecule has 1 unspecified atom stereocenters. The van der Waals surface area contributed by atoms with Crippen LogP contribution in [-0.2, 0) is 20.9 Å². The summed E-state index contributed by atoms with van der Waals surface area (Å²) in [5.41, 5.74) is 11.4. The molecule has 0 bridgehead atoms. The zero-order valence-electron chi connectivity index (χ0n) is 28.7. The van der Waals surface area contributed by atoms with Crippen molar-refractivity contribution in [1.82, 2.24) is 5.32 Å². The molecule has 3 amide bonds. The molecule has 0 spiro atoms. The Morgan fingerprint density at radius 3 is 2.22 bits per heavy atom. The number of anilines is 3. The summed E-state index contributed by atoms with van der Waals surface area (Å²) in [5.74, 6) is -2.46. The Bertz CT molecular complexity index is 2010. The zero-order valence-corrected chi connectivity index (χ0v) is 28.7. The van der Waals surface area contributed by atoms with Crippen LogP contribution in [0.15, 0.2) is 134 Å². The summed E-state index contributed by atoms with van der Waals surface area (Å²) in [7, 11) is 0. The van der Waals surface area contributed by atoms with Gasteiger partial charge in [0.25, 0.3) is 5.91 Å². The highest BCUT2D eigenvalue weighted by molar-refractivity contribution is 6.04. The van der Waals surface area contributed by atoms with Crippen LogP contribution >= 0.6 is 0 Å². The van der Waals surface area contributed by atoms with Crippen molar-refractivity contribution in [2.24, 2.45) is 23.5 Å². The number of nitrogens with one attached hydrogen (secondary N) is 1. The molecule has 6 rings (SSSR count). The minimum Gasteiger partial charge on any atom is -0.369 e. The summed E-state index contributed by atoms with van der Waals surface area (Å²) in [6.07, 6.45) is 2.34. The predicted molar refractivity (Wildman–Crippen MR) is 203 cm³/mol. The van der Waals surface area contributed by atoms with Gasteiger partial charge in [-0.1, -0.05) is 105 Å². The van der Waals surface area contributed by atoms with E-state index in [-0.39, 0.29) is 30.7 Å². The molecule has 5 aromatic rings. The third-order valence-corrected chi connectivity index (χ3v) is 9.46. The number of carbonyl (C=O) groups is 3. The van der Waals surface area contributed by atoms with Crippen molar-refractivity contribution in [2.45, 2.75) is 39.3 Å². The number of hydrogen-bond acceptors (Lipinski definition) is 4. The van der Waals surface area contributed by atoms with Crippen LogP contribution in [0.5, 0.6) is 0 Å². The van der Waals surface area contributed by atoms with Gasteiger partial charge >= 0.3 is 0 Å². The van der Waals surface area contributed by atoms with E-state index in [0.29, 0.717) is 13.0 Å². The van der Waals surface area contributed by atoms with E-state index in [1.54, 1.807) is 11.0 Å². The van der Waals surface area contributed by atoms with Crippen LogP contribution in [0.25, 0.3) is 21.9 Å². The number of primary amides is 1. The van der Waals surface area contributed by atoms with E-state index in [1.165, 1.54) is 5.39 Å². The Morgan fingerprint density at radius 1 is 0.820 bits per heavy atom. The quantitative estimate of drug-likeness (QED) is 0.132. The van der Waals surface area contributed by atoms with Crippen molar-refractivity contribution >= 4 is 45.6 Å². The molecule has 1 heterocycles. The zero-order chi connectivity index (χ0) is 35.2. The molecule has 0 aromatic heterocycles. The molecule has 0 fully saturated rings. The number of benzene rings is 5. The van der Waals surface area contributed by atoms with Crippen molar-refractivity contribution in [3.63, 3.8) is 0 Å². The van der Waals surface area contributed by atoms with Gasteiger partial charge in [0.1, 0.15) is 6.04 Å². The van der Waals surface area contributed by atoms with Gasteiger partial charge < -0.3 is 20.9 Å². The van der Waals surface area contributed by atoms with Crippen LogP contribution in [-0.4, -0.2) is 30.3 Å². The van der Waals surface area contributed by atoms with E-state index >= 15 is 0 Å². The molecule has 3 atom stereocenters. The summed E-state index contributed by atoms with van der Waals surface area (Å²) >= 11 is 0. The topological polar surface area (TPSA) is 95.7 Å². The minimum absolute atomic E-state index is 0.124. The third kappa shape index (κ3) is 7.47. The summed E-state index contributed by atoms with van der Waals surface area (Å²) in [6.45, 7) is 8.30. The van der Waals surface area contributed by atoms with Crippen LogP contribution < -0.4 is 20.9 Å². The fourth-order valence-corrected chi connectivity index (χ4v) is 7.01. The van der Waals surface area contributed by atoms with Crippen LogP contribution in [0.3, 0.4) is 0 Å². The Hall–Kier alpha value is -5.69. The van der Waals surface area contributed by atoms with Gasteiger partial charge in [-0.05, 0) is 82.6 Å². The fourth-order valence-electron chi connectivity index (χ4n) is 7.01. The first-order valence-corrected chi connectivity index (χ1v) is 17.2. The molecule has 7 heteroatoms. The maximum atomic E-state index is 14.8. The summed E-state index contributed by atoms with van der Waals surface area (Å²) < 4.78 is 0. The Balaban J connectivity index is 1.39. The van der Waals surface area contributed by atoms with E-state index in [2.05, 4.69) is 59.3 Å². The van der Waals surface area contributed by atoms with Gasteiger partial charge in [0, 0.05) is 5.69 Å². The van der Waals surface area contributed by atoms with Gasteiger partial charge in [0.05, 0.1) is 36.3 Å². The van der Waals surface area contributed by atoms with Crippen molar-refractivity contribution in [1.29, 1.82) is 0 Å². The normalized spacial score (nSPS) is 15.7. The van der Waals surface area contributed by atoms with Gasteiger partial charge in [-0.2, -0.15) is 0 Å². The molecule has 254 valence electrons. The van der Waals surface area contributed by atoms with Crippen molar-refractivity contribution in [3.8, 4) is 11.1 Å². The molecule has 0 saturated carbocycles. The summed E-state index contributed by atoms with van der Waals surface area (Å²) in [4.78, 5) is 45.4. The molecular weight excluding hydrogens is 620 g/mol. The number of carbonyl (C=O) groups excluding carboxylic acids is 3. The monoisotopic (exact) mass is 664 g/mol.